The van der Waals surface area contributed by atoms with Crippen LogP contribution in [0, 0.1) is 23.3 Å². The quantitative estimate of drug-likeness (QED) is 0.0277. The minimum Gasteiger partial charge on any atom is -0.420 e. The van der Waals surface area contributed by atoms with Gasteiger partial charge in [-0.1, -0.05) is 38.1 Å². The molecule has 2 heterocycles. The average molecular weight is 958 g/mol. The summed E-state index contributed by atoms with van der Waals surface area (Å²) in [6, 6.07) is 13.6. The van der Waals surface area contributed by atoms with Gasteiger partial charge in [0.05, 0.1) is 91.4 Å². The molecule has 372 valence electrons. The topological polar surface area (TPSA) is 164 Å². The van der Waals surface area contributed by atoms with Crippen molar-refractivity contribution in [2.75, 3.05) is 125 Å². The van der Waals surface area contributed by atoms with E-state index in [-0.39, 0.29) is 37.7 Å². The van der Waals surface area contributed by atoms with Gasteiger partial charge in [-0.2, -0.15) is 8.78 Å². The molecule has 0 unspecified atom stereocenters. The number of amidine groups is 1. The lowest BCUT2D eigenvalue weighted by Crippen LogP contribution is -2.49. The number of piperazine rings is 1. The average Bonchev–Trinajstić information content (AvgIpc) is 3.51. The summed E-state index contributed by atoms with van der Waals surface area (Å²) in [4.78, 5) is 49.5. The predicted octanol–water partition coefficient (Wildman–Crippen LogP) is 6.19. The van der Waals surface area contributed by atoms with E-state index in [1.54, 1.807) is 0 Å². The first-order chi connectivity index (χ1) is 33.0. The highest BCUT2D eigenvalue weighted by molar-refractivity contribution is 6.05. The molecule has 0 aromatic heterocycles. The number of esters is 1. The van der Waals surface area contributed by atoms with E-state index in [2.05, 4.69) is 28.5 Å². The summed E-state index contributed by atoms with van der Waals surface area (Å²) < 4.78 is 90.9. The zero-order chi connectivity index (χ0) is 48.7. The van der Waals surface area contributed by atoms with E-state index >= 15 is 0 Å². The Kier molecular flexibility index (Phi) is 22.8. The van der Waals surface area contributed by atoms with E-state index in [1.165, 1.54) is 0 Å². The van der Waals surface area contributed by atoms with Crippen LogP contribution in [0.1, 0.15) is 55.5 Å². The highest BCUT2D eigenvalue weighted by atomic mass is 19.2. The summed E-state index contributed by atoms with van der Waals surface area (Å²) in [6.45, 7) is 12.8. The molecule has 0 aliphatic carbocycles. The number of hydrogen-bond donors (Lipinski definition) is 1. The molecular formula is C49H63F4N5O10. The van der Waals surface area contributed by atoms with Crippen LogP contribution in [0.25, 0.3) is 17.2 Å². The Morgan fingerprint density at radius 2 is 1.22 bits per heavy atom. The van der Waals surface area contributed by atoms with Crippen LogP contribution in [-0.2, 0) is 38.0 Å². The molecule has 3 aromatic rings. The summed E-state index contributed by atoms with van der Waals surface area (Å²) in [5.41, 5.74) is 10.9. The fraction of sp³-hybridized carbons (Fsp3) is 0.510. The van der Waals surface area contributed by atoms with Gasteiger partial charge in [-0.15, -0.1) is 0 Å². The molecule has 2 aliphatic rings. The van der Waals surface area contributed by atoms with Crippen LogP contribution in [-0.4, -0.2) is 163 Å². The maximum absolute atomic E-state index is 13.6. The number of amides is 2. The number of hydrogen-bond acceptors (Lipinski definition) is 13. The molecule has 1 fully saturated rings. The van der Waals surface area contributed by atoms with E-state index in [9.17, 15) is 31.9 Å². The molecule has 3 aromatic carbocycles. The van der Waals surface area contributed by atoms with E-state index < -0.39 is 41.4 Å². The third kappa shape index (κ3) is 17.0. The maximum atomic E-state index is 13.6. The molecule has 1 saturated heterocycles. The standard InChI is InChI=1S/C49H63F4N5O10/c1-3-11-57(12-4-2)49(61)39-31-37-9-8-36(32-42(37)55-43(54)33-39)35-6-5-7-38(30-35)48(60)58-15-13-56(14-16-58)17-19-63-21-23-65-25-27-67-29-28-66-26-24-64-22-20-62-18-10-44(59)68-47-45(52)40(50)34-41(51)46(47)53/h5-9,30-32,34H,3-4,10-29,33H2,1-2H3,(H2,54,55). The molecular weight excluding hydrogens is 895 g/mol. The van der Waals surface area contributed by atoms with E-state index in [4.69, 9.17) is 34.2 Å². The lowest BCUT2D eigenvalue weighted by molar-refractivity contribution is -0.136. The molecule has 15 nitrogen and oxygen atoms in total. The van der Waals surface area contributed by atoms with Crippen molar-refractivity contribution >= 4 is 35.4 Å². The molecule has 0 atom stereocenters. The Balaban J connectivity index is 0.854. The lowest BCUT2D eigenvalue weighted by atomic mass is 9.99. The van der Waals surface area contributed by atoms with Crippen LogP contribution in [0.4, 0.5) is 23.2 Å². The molecule has 0 radical (unpaired) electrons. The number of carbonyl (C=O) groups excluding carboxylic acids is 3. The van der Waals surface area contributed by atoms with Gasteiger partial charge in [0, 0.05) is 75.0 Å². The first-order valence-electron chi connectivity index (χ1n) is 23.1. The fourth-order valence-electron chi connectivity index (χ4n) is 7.31. The van der Waals surface area contributed by atoms with Crippen LogP contribution in [0.15, 0.2) is 59.1 Å². The smallest absolute Gasteiger partial charge is 0.313 e. The molecule has 68 heavy (non-hydrogen) atoms. The van der Waals surface area contributed by atoms with Gasteiger partial charge in [-0.25, -0.2) is 13.8 Å². The minimum atomic E-state index is -1.80. The Morgan fingerprint density at radius 1 is 0.676 bits per heavy atom. The molecule has 5 rings (SSSR count). The van der Waals surface area contributed by atoms with Gasteiger partial charge in [0.25, 0.3) is 5.91 Å². The Morgan fingerprint density at radius 3 is 1.79 bits per heavy atom. The Bertz CT molecular complexity index is 2140. The maximum Gasteiger partial charge on any atom is 0.313 e. The summed E-state index contributed by atoms with van der Waals surface area (Å²) >= 11 is 0. The van der Waals surface area contributed by atoms with E-state index in [0.29, 0.717) is 115 Å². The molecule has 0 spiro atoms. The number of nitrogens with two attached hydrogens (primary N) is 1. The number of rotatable bonds is 29. The first kappa shape index (κ1) is 53.7. The van der Waals surface area contributed by atoms with Crippen molar-refractivity contribution < 1.29 is 65.1 Å². The molecule has 0 bridgehead atoms. The van der Waals surface area contributed by atoms with Crippen molar-refractivity contribution in [3.63, 3.8) is 0 Å². The van der Waals surface area contributed by atoms with Gasteiger partial charge in [0.1, 0.15) is 5.84 Å². The summed E-state index contributed by atoms with van der Waals surface area (Å²) in [7, 11) is 0. The number of benzene rings is 3. The molecule has 0 saturated carbocycles. The minimum absolute atomic E-state index is 0.00313. The van der Waals surface area contributed by atoms with Crippen LogP contribution >= 0.6 is 0 Å². The monoisotopic (exact) mass is 957 g/mol. The first-order valence-corrected chi connectivity index (χ1v) is 23.1. The third-order valence-corrected chi connectivity index (χ3v) is 10.8. The number of nitrogens with zero attached hydrogens (tertiary/aromatic N) is 4. The third-order valence-electron chi connectivity index (χ3n) is 10.8. The fourth-order valence-corrected chi connectivity index (χ4v) is 7.31. The zero-order valence-electron chi connectivity index (χ0n) is 38.9. The number of carbonyl (C=O) groups is 3. The molecule has 2 amide bonds. The van der Waals surface area contributed by atoms with Gasteiger partial charge in [0.15, 0.2) is 11.6 Å². The van der Waals surface area contributed by atoms with Crippen molar-refractivity contribution in [1.29, 1.82) is 0 Å². The second kappa shape index (κ2) is 28.9. The van der Waals surface area contributed by atoms with Crippen molar-refractivity contribution in [2.45, 2.75) is 39.5 Å². The number of fused-ring (bicyclic) bond motifs is 1. The van der Waals surface area contributed by atoms with Crippen LogP contribution in [0.5, 0.6) is 5.75 Å². The van der Waals surface area contributed by atoms with Crippen LogP contribution in [0.2, 0.25) is 0 Å². The molecule has 19 heteroatoms. The molecule has 2 aliphatic heterocycles. The van der Waals surface area contributed by atoms with Gasteiger partial charge in [-0.05, 0) is 48.2 Å². The number of aliphatic imine (C=N–C) groups is 1. The Hall–Kier alpha value is -5.28. The zero-order valence-corrected chi connectivity index (χ0v) is 38.9. The van der Waals surface area contributed by atoms with Crippen LogP contribution < -0.4 is 10.5 Å². The van der Waals surface area contributed by atoms with E-state index in [1.807, 2.05) is 58.3 Å². The SMILES string of the molecule is CCCN(CCC)C(=O)C1=Cc2ccc(-c3cccc(C(=O)N4CCN(CCOCCOCCOCCOCCOCCOCCC(=O)Oc5c(F)c(F)cc(F)c5F)CC4)c3)cc2N=C(N)C1. The van der Waals surface area contributed by atoms with Crippen molar-refractivity contribution in [3.05, 3.63) is 88.5 Å². The van der Waals surface area contributed by atoms with Gasteiger partial charge in [0.2, 0.25) is 23.3 Å². The highest BCUT2D eigenvalue weighted by Crippen LogP contribution is 2.33. The second-order valence-corrected chi connectivity index (χ2v) is 15.9. The number of halogens is 4. The lowest BCUT2D eigenvalue weighted by Gasteiger charge is -2.34. The summed E-state index contributed by atoms with van der Waals surface area (Å²) in [5.74, 6) is -9.14. The highest BCUT2D eigenvalue weighted by Gasteiger charge is 2.25. The van der Waals surface area contributed by atoms with E-state index in [0.717, 1.165) is 49.2 Å². The Labute approximate surface area is 395 Å². The summed E-state index contributed by atoms with van der Waals surface area (Å²) in [5, 5.41) is 0. The predicted molar refractivity (Wildman–Crippen MR) is 247 cm³/mol. The van der Waals surface area contributed by atoms with Crippen molar-refractivity contribution in [2.24, 2.45) is 10.7 Å². The van der Waals surface area contributed by atoms with Gasteiger partial charge in [-0.3, -0.25) is 19.3 Å². The molecule has 2 N–H and O–H groups in total. The van der Waals surface area contributed by atoms with Gasteiger partial charge >= 0.3 is 5.97 Å². The summed E-state index contributed by atoms with van der Waals surface area (Å²) in [6.07, 6.45) is 3.56. The van der Waals surface area contributed by atoms with Crippen LogP contribution in [0.3, 0.4) is 0 Å². The largest absolute Gasteiger partial charge is 0.420 e. The van der Waals surface area contributed by atoms with Gasteiger partial charge < -0.3 is 48.7 Å². The van der Waals surface area contributed by atoms with Crippen molar-refractivity contribution in [1.82, 2.24) is 14.7 Å². The van der Waals surface area contributed by atoms with Crippen molar-refractivity contribution in [3.8, 4) is 16.9 Å². The second-order valence-electron chi connectivity index (χ2n) is 15.9. The number of ether oxygens (including phenoxy) is 7. The normalized spacial score (nSPS) is 14.0.